The minimum atomic E-state index is 0.259. The molecule has 0 saturated heterocycles. The van der Waals surface area contributed by atoms with Crippen LogP contribution in [0.5, 0.6) is 0 Å². The zero-order valence-electron chi connectivity index (χ0n) is 15.2. The van der Waals surface area contributed by atoms with Gasteiger partial charge in [-0.15, -0.1) is 0 Å². The topological polar surface area (TPSA) is 0 Å². The minimum absolute atomic E-state index is 0.259. The number of hydrogen-bond acceptors (Lipinski definition) is 0. The first-order valence-corrected chi connectivity index (χ1v) is 7.56. The van der Waals surface area contributed by atoms with Crippen LogP contribution in [0.25, 0.3) is 0 Å². The SMILES string of the molecule is C/C=C(\C(C)=C(/C)C(C)C)C(C)(C)C.CC.CC. The summed E-state index contributed by atoms with van der Waals surface area (Å²) < 4.78 is 0. The molecule has 0 aliphatic rings. The van der Waals surface area contributed by atoms with Gasteiger partial charge in [0.2, 0.25) is 0 Å². The van der Waals surface area contributed by atoms with E-state index >= 15 is 0 Å². The molecule has 0 rings (SSSR count). The summed E-state index contributed by atoms with van der Waals surface area (Å²) in [5.41, 5.74) is 4.71. The Morgan fingerprint density at radius 2 is 1.22 bits per heavy atom. The first-order valence-electron chi connectivity index (χ1n) is 7.56. The van der Waals surface area contributed by atoms with Crippen LogP contribution in [-0.2, 0) is 0 Å². The second kappa shape index (κ2) is 11.6. The van der Waals surface area contributed by atoms with Crippen molar-refractivity contribution in [2.45, 2.75) is 83.1 Å². The van der Waals surface area contributed by atoms with Crippen molar-refractivity contribution in [1.29, 1.82) is 0 Å². The summed E-state index contributed by atoms with van der Waals surface area (Å²) in [7, 11) is 0. The van der Waals surface area contributed by atoms with Gasteiger partial charge in [0.25, 0.3) is 0 Å². The predicted octanol–water partition coefficient (Wildman–Crippen LogP) is 7.02. The van der Waals surface area contributed by atoms with Crippen molar-refractivity contribution in [3.05, 3.63) is 22.8 Å². The van der Waals surface area contributed by atoms with Crippen LogP contribution in [0.2, 0.25) is 0 Å². The fourth-order valence-electron chi connectivity index (χ4n) is 1.86. The van der Waals surface area contributed by atoms with E-state index in [1.165, 1.54) is 16.7 Å². The molecule has 0 atom stereocenters. The molecule has 18 heavy (non-hydrogen) atoms. The van der Waals surface area contributed by atoms with Crippen molar-refractivity contribution in [3.8, 4) is 0 Å². The lowest BCUT2D eigenvalue weighted by atomic mass is 9.79. The molecule has 0 aliphatic heterocycles. The maximum Gasteiger partial charge on any atom is -0.0133 e. The molecule has 0 saturated carbocycles. The van der Waals surface area contributed by atoms with Crippen molar-refractivity contribution in [2.24, 2.45) is 11.3 Å². The highest BCUT2D eigenvalue weighted by Crippen LogP contribution is 2.33. The highest BCUT2D eigenvalue weighted by molar-refractivity contribution is 5.37. The molecule has 0 heteroatoms. The predicted molar refractivity (Wildman–Crippen MR) is 89.1 cm³/mol. The molecule has 0 aromatic heterocycles. The molecule has 0 radical (unpaired) electrons. The van der Waals surface area contributed by atoms with Gasteiger partial charge in [-0.3, -0.25) is 0 Å². The smallest absolute Gasteiger partial charge is 0.0133 e. The molecule has 0 N–H and O–H groups in total. The Bertz CT molecular complexity index is 244. The van der Waals surface area contributed by atoms with Crippen LogP contribution in [0.1, 0.15) is 83.1 Å². The average Bonchev–Trinajstić information content (AvgIpc) is 2.32. The quantitative estimate of drug-likeness (QED) is 0.464. The number of hydrogen-bond donors (Lipinski definition) is 0. The molecular weight excluding hydrogens is 216 g/mol. The van der Waals surface area contributed by atoms with E-state index in [2.05, 4.69) is 61.5 Å². The minimum Gasteiger partial charge on any atom is -0.0836 e. The van der Waals surface area contributed by atoms with E-state index in [-0.39, 0.29) is 5.41 Å². The molecule has 110 valence electrons. The molecule has 0 fully saturated rings. The average molecular weight is 255 g/mol. The van der Waals surface area contributed by atoms with Gasteiger partial charge in [0, 0.05) is 0 Å². The lowest BCUT2D eigenvalue weighted by molar-refractivity contribution is 0.506. The van der Waals surface area contributed by atoms with Gasteiger partial charge in [-0.1, -0.05) is 74.0 Å². The van der Waals surface area contributed by atoms with E-state index in [9.17, 15) is 0 Å². The molecule has 0 aromatic carbocycles. The van der Waals surface area contributed by atoms with Gasteiger partial charge in [-0.2, -0.15) is 0 Å². The third-order valence-electron chi connectivity index (χ3n) is 2.96. The second-order valence-electron chi connectivity index (χ2n) is 5.42. The van der Waals surface area contributed by atoms with E-state index in [1.807, 2.05) is 27.7 Å². The van der Waals surface area contributed by atoms with Crippen LogP contribution in [0.3, 0.4) is 0 Å². The van der Waals surface area contributed by atoms with Gasteiger partial charge in [0.1, 0.15) is 0 Å². The number of rotatable bonds is 2. The van der Waals surface area contributed by atoms with Gasteiger partial charge in [-0.25, -0.2) is 0 Å². The molecule has 0 spiro atoms. The van der Waals surface area contributed by atoms with Crippen molar-refractivity contribution in [2.75, 3.05) is 0 Å². The van der Waals surface area contributed by atoms with E-state index in [4.69, 9.17) is 0 Å². The Morgan fingerprint density at radius 1 is 0.889 bits per heavy atom. The second-order valence-corrected chi connectivity index (χ2v) is 5.42. The lowest BCUT2D eigenvalue weighted by Crippen LogP contribution is -2.12. The summed E-state index contributed by atoms with van der Waals surface area (Å²) in [4.78, 5) is 0. The summed E-state index contributed by atoms with van der Waals surface area (Å²) in [6, 6.07) is 0. The highest BCUT2D eigenvalue weighted by atomic mass is 14.2. The summed E-state index contributed by atoms with van der Waals surface area (Å²) in [5, 5.41) is 0. The standard InChI is InChI=1S/C14H26.2C2H6/c1-9-13(14(6,7)8)12(5)11(4)10(2)3;2*1-2/h9-10H,1-8H3;2*1-2H3/b12-11+,13-9+;;. The van der Waals surface area contributed by atoms with Crippen LogP contribution in [0, 0.1) is 11.3 Å². The summed E-state index contributed by atoms with van der Waals surface area (Å²) in [6.45, 7) is 26.0. The van der Waals surface area contributed by atoms with Gasteiger partial charge >= 0.3 is 0 Å². The van der Waals surface area contributed by atoms with Crippen LogP contribution in [0.15, 0.2) is 22.8 Å². The first kappa shape index (κ1) is 22.6. The molecule has 0 amide bonds. The fraction of sp³-hybridized carbons (Fsp3) is 0.778. The van der Waals surface area contributed by atoms with E-state index < -0.39 is 0 Å². The molecule has 0 nitrogen and oxygen atoms in total. The molecular formula is C18H38. The van der Waals surface area contributed by atoms with Gasteiger partial charge < -0.3 is 0 Å². The van der Waals surface area contributed by atoms with Crippen LogP contribution >= 0.6 is 0 Å². The van der Waals surface area contributed by atoms with Gasteiger partial charge in [-0.05, 0) is 43.3 Å². The number of allylic oxidation sites excluding steroid dienone is 4. The van der Waals surface area contributed by atoms with Crippen molar-refractivity contribution in [1.82, 2.24) is 0 Å². The van der Waals surface area contributed by atoms with Crippen molar-refractivity contribution in [3.63, 3.8) is 0 Å². The Balaban J connectivity index is -0.000000506. The highest BCUT2D eigenvalue weighted by Gasteiger charge is 2.19. The summed E-state index contributed by atoms with van der Waals surface area (Å²) in [5.74, 6) is 0.646. The summed E-state index contributed by atoms with van der Waals surface area (Å²) in [6.07, 6.45) is 2.25. The summed E-state index contributed by atoms with van der Waals surface area (Å²) >= 11 is 0. The van der Waals surface area contributed by atoms with Crippen molar-refractivity contribution < 1.29 is 0 Å². The zero-order chi connectivity index (χ0) is 15.5. The third-order valence-corrected chi connectivity index (χ3v) is 2.96. The van der Waals surface area contributed by atoms with Crippen LogP contribution in [0.4, 0.5) is 0 Å². The molecule has 0 unspecified atom stereocenters. The Labute approximate surface area is 118 Å². The Hall–Kier alpha value is -0.520. The third kappa shape index (κ3) is 8.55. The largest absolute Gasteiger partial charge is 0.0836 e. The molecule has 0 bridgehead atoms. The van der Waals surface area contributed by atoms with Gasteiger partial charge in [0.15, 0.2) is 0 Å². The molecule has 0 aliphatic carbocycles. The Morgan fingerprint density at radius 3 is 1.39 bits per heavy atom. The Kier molecular flexibility index (Phi) is 14.5. The lowest BCUT2D eigenvalue weighted by Gasteiger charge is -2.26. The maximum atomic E-state index is 2.28. The van der Waals surface area contributed by atoms with Crippen LogP contribution < -0.4 is 0 Å². The van der Waals surface area contributed by atoms with Gasteiger partial charge in [0.05, 0.1) is 0 Å². The monoisotopic (exact) mass is 254 g/mol. The van der Waals surface area contributed by atoms with E-state index in [0.717, 1.165) is 0 Å². The maximum absolute atomic E-state index is 2.28. The van der Waals surface area contributed by atoms with Crippen molar-refractivity contribution >= 4 is 0 Å². The van der Waals surface area contributed by atoms with E-state index in [0.29, 0.717) is 5.92 Å². The molecule has 0 heterocycles. The zero-order valence-corrected chi connectivity index (χ0v) is 15.2. The molecule has 0 aromatic rings. The van der Waals surface area contributed by atoms with Crippen LogP contribution in [-0.4, -0.2) is 0 Å². The van der Waals surface area contributed by atoms with E-state index in [1.54, 1.807) is 0 Å². The fourth-order valence-corrected chi connectivity index (χ4v) is 1.86. The first-order chi connectivity index (χ1) is 8.21. The normalized spacial score (nSPS) is 13.1.